The lowest BCUT2D eigenvalue weighted by molar-refractivity contribution is -0.142. The highest BCUT2D eigenvalue weighted by molar-refractivity contribution is 6.01. The Morgan fingerprint density at radius 3 is 2.76 bits per heavy atom. The van der Waals surface area contributed by atoms with E-state index < -0.39 is 17.7 Å². The number of carbonyl (C=O) groups is 3. The number of amides is 2. The Hall–Kier alpha value is -2.44. The molecular formula is C18H23FN2O4. The molecule has 1 aromatic carbocycles. The standard InChI is InChI=1S/C18H23FN2O4/c1-11(2)10-21(7-6-17(23)25-3)18(24)14-9-16(22)20-15-8-12(19)4-5-13(14)15/h4-5,8,11,14H,6-7,9-10H2,1-3H3,(H,20,22). The molecule has 1 aliphatic rings. The van der Waals surface area contributed by atoms with Gasteiger partial charge in [-0.15, -0.1) is 0 Å². The highest BCUT2D eigenvalue weighted by atomic mass is 19.1. The molecule has 0 bridgehead atoms. The lowest BCUT2D eigenvalue weighted by Crippen LogP contribution is -2.41. The quantitative estimate of drug-likeness (QED) is 0.799. The maximum absolute atomic E-state index is 13.4. The smallest absolute Gasteiger partial charge is 0.307 e. The van der Waals surface area contributed by atoms with Crippen LogP contribution in [-0.2, 0) is 19.1 Å². The van der Waals surface area contributed by atoms with Crippen molar-refractivity contribution in [1.82, 2.24) is 4.90 Å². The molecule has 1 atom stereocenters. The van der Waals surface area contributed by atoms with Crippen molar-refractivity contribution in [2.75, 3.05) is 25.5 Å². The van der Waals surface area contributed by atoms with Gasteiger partial charge in [0.05, 0.1) is 19.4 Å². The third-order valence-corrected chi connectivity index (χ3v) is 4.06. The normalized spacial score (nSPS) is 16.2. The highest BCUT2D eigenvalue weighted by Crippen LogP contribution is 2.34. The van der Waals surface area contributed by atoms with Gasteiger partial charge >= 0.3 is 5.97 Å². The molecule has 0 spiro atoms. The number of halogens is 1. The Morgan fingerprint density at radius 1 is 1.40 bits per heavy atom. The van der Waals surface area contributed by atoms with E-state index in [0.717, 1.165) is 0 Å². The SMILES string of the molecule is COC(=O)CCN(CC(C)C)C(=O)C1CC(=O)Nc2cc(F)ccc21. The predicted molar refractivity (Wildman–Crippen MR) is 90.4 cm³/mol. The fourth-order valence-corrected chi connectivity index (χ4v) is 2.94. The molecule has 1 N–H and O–H groups in total. The van der Waals surface area contributed by atoms with E-state index in [0.29, 0.717) is 17.8 Å². The number of methoxy groups -OCH3 is 1. The van der Waals surface area contributed by atoms with Gasteiger partial charge in [0.25, 0.3) is 0 Å². The fraction of sp³-hybridized carbons (Fsp3) is 0.500. The molecule has 1 aliphatic heterocycles. The van der Waals surface area contributed by atoms with Gasteiger partial charge in [0, 0.05) is 25.2 Å². The van der Waals surface area contributed by atoms with Crippen molar-refractivity contribution in [3.8, 4) is 0 Å². The molecule has 25 heavy (non-hydrogen) atoms. The minimum atomic E-state index is -0.680. The molecule has 1 heterocycles. The summed E-state index contributed by atoms with van der Waals surface area (Å²) in [7, 11) is 1.30. The third-order valence-electron chi connectivity index (χ3n) is 4.06. The lowest BCUT2D eigenvalue weighted by atomic mass is 9.89. The van der Waals surface area contributed by atoms with Crippen LogP contribution in [0.4, 0.5) is 10.1 Å². The van der Waals surface area contributed by atoms with Gasteiger partial charge in [0.1, 0.15) is 5.82 Å². The Morgan fingerprint density at radius 2 is 2.12 bits per heavy atom. The first-order valence-electron chi connectivity index (χ1n) is 8.26. The number of carbonyl (C=O) groups excluding carboxylic acids is 3. The van der Waals surface area contributed by atoms with Crippen molar-refractivity contribution in [2.24, 2.45) is 5.92 Å². The Bertz CT molecular complexity index is 675. The Balaban J connectivity index is 2.25. The largest absolute Gasteiger partial charge is 0.469 e. The number of rotatable bonds is 6. The van der Waals surface area contributed by atoms with Crippen LogP contribution in [0.1, 0.15) is 38.2 Å². The van der Waals surface area contributed by atoms with Gasteiger partial charge < -0.3 is 15.0 Å². The molecule has 1 unspecified atom stereocenters. The van der Waals surface area contributed by atoms with Crippen LogP contribution in [-0.4, -0.2) is 42.9 Å². The summed E-state index contributed by atoms with van der Waals surface area (Å²) in [6.07, 6.45) is 0.0917. The van der Waals surface area contributed by atoms with Crippen molar-refractivity contribution in [2.45, 2.75) is 32.6 Å². The average Bonchev–Trinajstić information content (AvgIpc) is 2.56. The number of esters is 1. The Kier molecular flexibility index (Phi) is 6.12. The second kappa shape index (κ2) is 8.09. The molecule has 2 amide bonds. The number of hydrogen-bond acceptors (Lipinski definition) is 4. The molecular weight excluding hydrogens is 327 g/mol. The summed E-state index contributed by atoms with van der Waals surface area (Å²) in [6.45, 7) is 4.62. The van der Waals surface area contributed by atoms with Gasteiger partial charge in [0.2, 0.25) is 11.8 Å². The van der Waals surface area contributed by atoms with Crippen molar-refractivity contribution in [3.05, 3.63) is 29.6 Å². The zero-order valence-electron chi connectivity index (χ0n) is 14.7. The molecule has 0 saturated heterocycles. The first-order chi connectivity index (χ1) is 11.8. The van der Waals surface area contributed by atoms with Crippen LogP contribution >= 0.6 is 0 Å². The van der Waals surface area contributed by atoms with Crippen molar-refractivity contribution < 1.29 is 23.5 Å². The van der Waals surface area contributed by atoms with E-state index in [1.165, 1.54) is 25.3 Å². The zero-order valence-corrected chi connectivity index (χ0v) is 14.7. The van der Waals surface area contributed by atoms with Crippen LogP contribution in [0.25, 0.3) is 0 Å². The van der Waals surface area contributed by atoms with Crippen LogP contribution in [0.5, 0.6) is 0 Å². The topological polar surface area (TPSA) is 75.7 Å². The first-order valence-corrected chi connectivity index (χ1v) is 8.26. The zero-order chi connectivity index (χ0) is 18.6. The minimum absolute atomic E-state index is 0.00425. The van der Waals surface area contributed by atoms with Gasteiger partial charge in [-0.3, -0.25) is 14.4 Å². The summed E-state index contributed by atoms with van der Waals surface area (Å²) < 4.78 is 18.1. The summed E-state index contributed by atoms with van der Waals surface area (Å²) in [4.78, 5) is 38.0. The van der Waals surface area contributed by atoms with Gasteiger partial charge in [-0.1, -0.05) is 19.9 Å². The molecule has 0 saturated carbocycles. The van der Waals surface area contributed by atoms with Gasteiger partial charge in [-0.05, 0) is 23.6 Å². The van der Waals surface area contributed by atoms with Gasteiger partial charge in [-0.2, -0.15) is 0 Å². The van der Waals surface area contributed by atoms with Crippen molar-refractivity contribution in [3.63, 3.8) is 0 Å². The predicted octanol–water partition coefficient (Wildman–Crippen LogP) is 2.30. The average molecular weight is 350 g/mol. The Labute approximate surface area is 146 Å². The molecule has 2 rings (SSSR count). The third kappa shape index (κ3) is 4.78. The van der Waals surface area contributed by atoms with Crippen LogP contribution in [0.3, 0.4) is 0 Å². The number of fused-ring (bicyclic) bond motifs is 1. The summed E-state index contributed by atoms with van der Waals surface area (Å²) in [5, 5.41) is 2.60. The summed E-state index contributed by atoms with van der Waals surface area (Å²) >= 11 is 0. The van der Waals surface area contributed by atoms with E-state index in [1.54, 1.807) is 4.90 Å². The van der Waals surface area contributed by atoms with Crippen LogP contribution in [0.15, 0.2) is 18.2 Å². The molecule has 0 aromatic heterocycles. The number of nitrogens with zero attached hydrogens (tertiary/aromatic N) is 1. The number of ether oxygens (including phenoxy) is 1. The van der Waals surface area contributed by atoms with Crippen molar-refractivity contribution in [1.29, 1.82) is 0 Å². The monoisotopic (exact) mass is 350 g/mol. The van der Waals surface area contributed by atoms with E-state index in [9.17, 15) is 18.8 Å². The number of nitrogens with one attached hydrogen (secondary N) is 1. The second-order valence-corrected chi connectivity index (χ2v) is 6.54. The van der Waals surface area contributed by atoms with E-state index >= 15 is 0 Å². The lowest BCUT2D eigenvalue weighted by Gasteiger charge is -2.31. The molecule has 0 radical (unpaired) electrons. The molecule has 6 nitrogen and oxygen atoms in total. The number of anilines is 1. The van der Waals surface area contributed by atoms with Gasteiger partial charge in [-0.25, -0.2) is 4.39 Å². The number of hydrogen-bond donors (Lipinski definition) is 1. The van der Waals surface area contributed by atoms with E-state index in [1.807, 2.05) is 13.8 Å². The highest BCUT2D eigenvalue weighted by Gasteiger charge is 2.34. The maximum atomic E-state index is 13.4. The van der Waals surface area contributed by atoms with Gasteiger partial charge in [0.15, 0.2) is 0 Å². The van der Waals surface area contributed by atoms with Crippen LogP contribution < -0.4 is 5.32 Å². The first kappa shape index (κ1) is 18.9. The van der Waals surface area contributed by atoms with E-state index in [2.05, 4.69) is 10.1 Å². The summed E-state index contributed by atoms with van der Waals surface area (Å²) in [6, 6.07) is 4.02. The summed E-state index contributed by atoms with van der Waals surface area (Å²) in [5.74, 6) is -1.91. The maximum Gasteiger partial charge on any atom is 0.307 e. The molecule has 7 heteroatoms. The molecule has 1 aromatic rings. The molecule has 136 valence electrons. The fourth-order valence-electron chi connectivity index (χ4n) is 2.94. The summed E-state index contributed by atoms with van der Waals surface area (Å²) in [5.41, 5.74) is 0.921. The second-order valence-electron chi connectivity index (χ2n) is 6.54. The number of benzene rings is 1. The van der Waals surface area contributed by atoms with Crippen LogP contribution in [0.2, 0.25) is 0 Å². The molecule has 0 fully saturated rings. The minimum Gasteiger partial charge on any atom is -0.469 e. The van der Waals surface area contributed by atoms with Crippen LogP contribution in [0, 0.1) is 11.7 Å². The van der Waals surface area contributed by atoms with Crippen molar-refractivity contribution >= 4 is 23.5 Å². The van der Waals surface area contributed by atoms with E-state index in [4.69, 9.17) is 0 Å². The molecule has 0 aliphatic carbocycles. The van der Waals surface area contributed by atoms with E-state index in [-0.39, 0.29) is 37.1 Å².